The van der Waals surface area contributed by atoms with Crippen molar-refractivity contribution in [3.63, 3.8) is 0 Å². The first-order valence-corrected chi connectivity index (χ1v) is 11.3. The Morgan fingerprint density at radius 1 is 1.20 bits per heavy atom. The van der Waals surface area contributed by atoms with Crippen molar-refractivity contribution in [2.24, 2.45) is 5.92 Å². The van der Waals surface area contributed by atoms with E-state index < -0.39 is 23.8 Å². The van der Waals surface area contributed by atoms with Gasteiger partial charge in [-0.05, 0) is 24.6 Å². The van der Waals surface area contributed by atoms with Gasteiger partial charge in [-0.25, -0.2) is 13.8 Å². The molecule has 4 rings (SSSR count). The van der Waals surface area contributed by atoms with Crippen LogP contribution in [-0.4, -0.2) is 50.7 Å². The number of pyridine rings is 1. The zero-order chi connectivity index (χ0) is 24.9. The van der Waals surface area contributed by atoms with E-state index in [0.717, 1.165) is 5.56 Å². The molecule has 2 atom stereocenters. The Morgan fingerprint density at radius 3 is 2.63 bits per heavy atom. The summed E-state index contributed by atoms with van der Waals surface area (Å²) >= 11 is 6.17. The highest BCUT2D eigenvalue weighted by atomic mass is 35.5. The fraction of sp³-hybridized carbons (Fsp3) is 0.280. The molecular formula is C25H22ClF2N5O2. The fourth-order valence-electron chi connectivity index (χ4n) is 3.82. The van der Waals surface area contributed by atoms with Crippen molar-refractivity contribution in [2.45, 2.75) is 26.1 Å². The normalized spacial score (nSPS) is 17.4. The molecular weight excluding hydrogens is 476 g/mol. The molecule has 0 saturated carbocycles. The van der Waals surface area contributed by atoms with Crippen LogP contribution >= 0.6 is 11.6 Å². The van der Waals surface area contributed by atoms with Crippen LogP contribution in [0.15, 0.2) is 48.8 Å². The first kappa shape index (κ1) is 24.4. The van der Waals surface area contributed by atoms with Crippen molar-refractivity contribution in [3.05, 3.63) is 76.5 Å². The Balaban J connectivity index is 1.46. The van der Waals surface area contributed by atoms with Gasteiger partial charge in [-0.15, -0.1) is 0 Å². The molecule has 0 radical (unpaired) electrons. The van der Waals surface area contributed by atoms with Gasteiger partial charge < -0.3 is 10.2 Å². The predicted molar refractivity (Wildman–Crippen MR) is 127 cm³/mol. The number of amides is 2. The minimum Gasteiger partial charge on any atom is -0.340 e. The Kier molecular flexibility index (Phi) is 7.42. The number of benzene rings is 1. The molecule has 1 saturated heterocycles. The Labute approximate surface area is 206 Å². The zero-order valence-corrected chi connectivity index (χ0v) is 19.6. The molecule has 7 nitrogen and oxygen atoms in total. The van der Waals surface area contributed by atoms with E-state index in [1.165, 1.54) is 35.0 Å². The van der Waals surface area contributed by atoms with Gasteiger partial charge in [0.1, 0.15) is 11.9 Å². The lowest BCUT2D eigenvalue weighted by molar-refractivity contribution is -0.131. The van der Waals surface area contributed by atoms with Gasteiger partial charge in [0.25, 0.3) is 5.91 Å². The topological polar surface area (TPSA) is 80.1 Å². The smallest absolute Gasteiger partial charge is 0.276 e. The van der Waals surface area contributed by atoms with Gasteiger partial charge in [-0.2, -0.15) is 5.10 Å². The molecule has 1 N–H and O–H groups in total. The Hall–Kier alpha value is -3.77. The molecule has 180 valence electrons. The summed E-state index contributed by atoms with van der Waals surface area (Å²) in [5.74, 6) is 3.33. The van der Waals surface area contributed by atoms with Crippen molar-refractivity contribution in [3.8, 4) is 11.8 Å². The second-order valence-electron chi connectivity index (χ2n) is 8.18. The van der Waals surface area contributed by atoms with Crippen LogP contribution in [0.2, 0.25) is 5.02 Å². The fourth-order valence-corrected chi connectivity index (χ4v) is 4.05. The van der Waals surface area contributed by atoms with E-state index in [1.54, 1.807) is 0 Å². The van der Waals surface area contributed by atoms with E-state index in [9.17, 15) is 18.4 Å². The second-order valence-corrected chi connectivity index (χ2v) is 8.58. The van der Waals surface area contributed by atoms with Crippen molar-refractivity contribution >= 4 is 29.2 Å². The molecule has 0 spiro atoms. The summed E-state index contributed by atoms with van der Waals surface area (Å²) < 4.78 is 30.6. The number of hydrogen-bond acceptors (Lipinski definition) is 4. The van der Waals surface area contributed by atoms with Crippen LogP contribution in [0.4, 0.5) is 14.6 Å². The lowest BCUT2D eigenvalue weighted by atomic mass is 9.95. The first-order valence-electron chi connectivity index (χ1n) is 11.0. The molecule has 1 unspecified atom stereocenters. The summed E-state index contributed by atoms with van der Waals surface area (Å²) in [5, 5.41) is 6.54. The van der Waals surface area contributed by atoms with Crippen LogP contribution in [0.5, 0.6) is 0 Å². The first-order chi connectivity index (χ1) is 16.8. The third kappa shape index (κ3) is 5.84. The average molecular weight is 498 g/mol. The number of nitrogens with zero attached hydrogens (tertiary/aromatic N) is 4. The highest BCUT2D eigenvalue weighted by Crippen LogP contribution is 2.25. The number of rotatable bonds is 4. The largest absolute Gasteiger partial charge is 0.340 e. The number of carbonyl (C=O) groups is 2. The number of piperidine rings is 1. The van der Waals surface area contributed by atoms with Gasteiger partial charge in [0.2, 0.25) is 5.91 Å². The van der Waals surface area contributed by atoms with Gasteiger partial charge in [-0.1, -0.05) is 41.6 Å². The van der Waals surface area contributed by atoms with Crippen LogP contribution in [0.25, 0.3) is 0 Å². The maximum absolute atomic E-state index is 14.7. The van der Waals surface area contributed by atoms with Crippen molar-refractivity contribution < 1.29 is 18.4 Å². The van der Waals surface area contributed by atoms with Gasteiger partial charge in [0.15, 0.2) is 11.6 Å². The number of alkyl halides is 1. The predicted octanol–water partition coefficient (Wildman–Crippen LogP) is 3.93. The summed E-state index contributed by atoms with van der Waals surface area (Å²) in [6.45, 7) is 1.90. The van der Waals surface area contributed by atoms with E-state index in [-0.39, 0.29) is 35.5 Å². The Bertz CT molecular complexity index is 1300. The lowest BCUT2D eigenvalue weighted by Gasteiger charge is -2.34. The number of carbonyl (C=O) groups excluding carboxylic acids is 2. The maximum Gasteiger partial charge on any atom is 0.276 e. The van der Waals surface area contributed by atoms with Crippen LogP contribution in [0.3, 0.4) is 0 Å². The quantitative estimate of drug-likeness (QED) is 0.554. The SMILES string of the molecule is CC(=O)N1CC[C@@H](Cn2ncc(Cl)c2C(=O)Nc2ncc(C#Cc3ccccc3)cc2F)C(F)C1. The summed E-state index contributed by atoms with van der Waals surface area (Å²) in [5.41, 5.74) is 1.09. The molecule has 35 heavy (non-hydrogen) atoms. The van der Waals surface area contributed by atoms with Gasteiger partial charge in [0.05, 0.1) is 17.8 Å². The van der Waals surface area contributed by atoms with Crippen molar-refractivity contribution in [1.29, 1.82) is 0 Å². The molecule has 0 aliphatic carbocycles. The van der Waals surface area contributed by atoms with Crippen LogP contribution in [0, 0.1) is 23.6 Å². The van der Waals surface area contributed by atoms with E-state index in [1.807, 2.05) is 30.3 Å². The highest BCUT2D eigenvalue weighted by molar-refractivity contribution is 6.34. The number of aromatic nitrogens is 3. The van der Waals surface area contributed by atoms with Crippen LogP contribution in [-0.2, 0) is 11.3 Å². The Morgan fingerprint density at radius 2 is 1.94 bits per heavy atom. The third-order valence-electron chi connectivity index (χ3n) is 5.74. The monoisotopic (exact) mass is 497 g/mol. The molecule has 1 aliphatic rings. The molecule has 2 aromatic heterocycles. The summed E-state index contributed by atoms with van der Waals surface area (Å²) in [7, 11) is 0. The van der Waals surface area contributed by atoms with Crippen molar-refractivity contribution in [2.75, 3.05) is 18.4 Å². The number of halogens is 3. The number of nitrogens with one attached hydrogen (secondary N) is 1. The van der Waals surface area contributed by atoms with E-state index >= 15 is 0 Å². The van der Waals surface area contributed by atoms with Crippen molar-refractivity contribution in [1.82, 2.24) is 19.7 Å². The second kappa shape index (κ2) is 10.7. The molecule has 1 aliphatic heterocycles. The standard InChI is InChI=1S/C25H22ClF2N5O2/c1-16(34)32-10-9-19(22(28)15-32)14-33-23(20(26)13-30-33)25(35)31-24-21(27)11-18(12-29-24)8-7-17-5-3-2-4-6-17/h2-6,11-13,19,22H,9-10,14-15H2,1H3,(H,29,31,35)/t19-,22?/m0/s1. The van der Waals surface area contributed by atoms with Crippen LogP contribution in [0.1, 0.15) is 35.0 Å². The number of hydrogen-bond donors (Lipinski definition) is 1. The molecule has 0 bridgehead atoms. The summed E-state index contributed by atoms with van der Waals surface area (Å²) in [6.07, 6.45) is 1.78. The third-order valence-corrected chi connectivity index (χ3v) is 6.01. The van der Waals surface area contributed by atoms with E-state index in [2.05, 4.69) is 27.2 Å². The molecule has 10 heteroatoms. The van der Waals surface area contributed by atoms with E-state index in [4.69, 9.17) is 11.6 Å². The summed E-state index contributed by atoms with van der Waals surface area (Å²) in [6, 6.07) is 10.4. The van der Waals surface area contributed by atoms with Gasteiger partial charge in [-0.3, -0.25) is 14.3 Å². The van der Waals surface area contributed by atoms with Crippen LogP contribution < -0.4 is 5.32 Å². The highest BCUT2D eigenvalue weighted by Gasteiger charge is 2.32. The molecule has 2 amide bonds. The lowest BCUT2D eigenvalue weighted by Crippen LogP contribution is -2.45. The number of anilines is 1. The zero-order valence-electron chi connectivity index (χ0n) is 18.8. The molecule has 1 fully saturated rings. The van der Waals surface area contributed by atoms with E-state index in [0.29, 0.717) is 18.5 Å². The minimum atomic E-state index is -1.27. The molecule has 1 aromatic carbocycles. The van der Waals surface area contributed by atoms with Gasteiger partial charge >= 0.3 is 0 Å². The van der Waals surface area contributed by atoms with Gasteiger partial charge in [0, 0.05) is 43.3 Å². The number of likely N-dealkylation sites (tertiary alicyclic amines) is 1. The average Bonchev–Trinajstić information content (AvgIpc) is 3.21. The molecule has 3 heterocycles. The minimum absolute atomic E-state index is 0.00875. The maximum atomic E-state index is 14.7. The molecule has 3 aromatic rings. The summed E-state index contributed by atoms with van der Waals surface area (Å²) in [4.78, 5) is 29.8.